The van der Waals surface area contributed by atoms with E-state index in [1.54, 1.807) is 30.5 Å². The molecule has 5 aromatic rings. The Hall–Kier alpha value is -4.11. The van der Waals surface area contributed by atoms with Crippen LogP contribution in [0.5, 0.6) is 0 Å². The molecule has 1 unspecified atom stereocenters. The number of carbonyl (C=O) groups is 1. The van der Waals surface area contributed by atoms with Gasteiger partial charge in [0.1, 0.15) is 12.4 Å². The number of nitrogens with zero attached hydrogens (tertiary/aromatic N) is 6. The first-order valence-electron chi connectivity index (χ1n) is 9.67. The monoisotopic (exact) mass is 446 g/mol. The van der Waals surface area contributed by atoms with Crippen LogP contribution in [-0.4, -0.2) is 40.4 Å². The average Bonchev–Trinajstić information content (AvgIpc) is 3.24. The van der Waals surface area contributed by atoms with Gasteiger partial charge in [0, 0.05) is 17.0 Å². The normalized spacial score (nSPS) is 12.3. The summed E-state index contributed by atoms with van der Waals surface area (Å²) >= 11 is 5.96. The average molecular weight is 447 g/mol. The predicted molar refractivity (Wildman–Crippen MR) is 118 cm³/mol. The molecule has 9 nitrogen and oxygen atoms in total. The first-order chi connectivity index (χ1) is 15.5. The fourth-order valence-corrected chi connectivity index (χ4v) is 3.70. The SMILES string of the molecule is O=C(O)C(Cc1ccccc1)n1cnc2c(nnc3c(-c4ccc(Cl)cc4)cnn32)c1=O. The van der Waals surface area contributed by atoms with Gasteiger partial charge in [-0.25, -0.2) is 9.78 Å². The summed E-state index contributed by atoms with van der Waals surface area (Å²) in [5, 5.41) is 22.9. The van der Waals surface area contributed by atoms with Crippen LogP contribution in [0, 0.1) is 0 Å². The lowest BCUT2D eigenvalue weighted by atomic mass is 10.1. The van der Waals surface area contributed by atoms with E-state index in [2.05, 4.69) is 20.3 Å². The van der Waals surface area contributed by atoms with Crippen LogP contribution in [0.15, 0.2) is 71.9 Å². The van der Waals surface area contributed by atoms with Gasteiger partial charge < -0.3 is 5.11 Å². The molecule has 1 N–H and O–H groups in total. The lowest BCUT2D eigenvalue weighted by molar-refractivity contribution is -0.141. The van der Waals surface area contributed by atoms with Gasteiger partial charge in [-0.05, 0) is 23.3 Å². The largest absolute Gasteiger partial charge is 0.480 e. The van der Waals surface area contributed by atoms with Crippen molar-refractivity contribution >= 4 is 34.4 Å². The molecule has 1 atom stereocenters. The van der Waals surface area contributed by atoms with E-state index in [9.17, 15) is 14.7 Å². The van der Waals surface area contributed by atoms with Crippen molar-refractivity contribution in [3.63, 3.8) is 0 Å². The van der Waals surface area contributed by atoms with Crippen LogP contribution in [-0.2, 0) is 11.2 Å². The van der Waals surface area contributed by atoms with Gasteiger partial charge >= 0.3 is 5.97 Å². The summed E-state index contributed by atoms with van der Waals surface area (Å²) in [5.74, 6) is -1.14. The van der Waals surface area contributed by atoms with E-state index in [1.165, 1.54) is 10.8 Å². The van der Waals surface area contributed by atoms with Crippen molar-refractivity contribution in [2.75, 3.05) is 0 Å². The van der Waals surface area contributed by atoms with Crippen molar-refractivity contribution in [3.8, 4) is 11.1 Å². The minimum Gasteiger partial charge on any atom is -0.480 e. The van der Waals surface area contributed by atoms with Crippen molar-refractivity contribution in [3.05, 3.63) is 88.1 Å². The third kappa shape index (κ3) is 3.38. The molecule has 0 aliphatic carbocycles. The van der Waals surface area contributed by atoms with Crippen LogP contribution in [0.4, 0.5) is 0 Å². The molecule has 0 spiro atoms. The van der Waals surface area contributed by atoms with E-state index >= 15 is 0 Å². The minimum absolute atomic E-state index is 0.0648. The number of halogens is 1. The maximum atomic E-state index is 13.1. The molecule has 2 aromatic carbocycles. The van der Waals surface area contributed by atoms with E-state index in [1.807, 2.05) is 30.3 Å². The molecule has 0 bridgehead atoms. The Balaban J connectivity index is 1.62. The van der Waals surface area contributed by atoms with Gasteiger partial charge in [-0.2, -0.15) is 9.61 Å². The highest BCUT2D eigenvalue weighted by Gasteiger charge is 2.24. The summed E-state index contributed by atoms with van der Waals surface area (Å²) in [6.07, 6.45) is 2.95. The smallest absolute Gasteiger partial charge is 0.327 e. The Morgan fingerprint density at radius 2 is 1.78 bits per heavy atom. The Labute approximate surface area is 185 Å². The molecule has 0 radical (unpaired) electrons. The number of rotatable bonds is 5. The highest BCUT2D eigenvalue weighted by molar-refractivity contribution is 6.30. The number of fused-ring (bicyclic) bond motifs is 3. The zero-order valence-electron chi connectivity index (χ0n) is 16.5. The maximum absolute atomic E-state index is 13.1. The van der Waals surface area contributed by atoms with Gasteiger partial charge in [0.05, 0.1) is 6.20 Å². The number of aromatic nitrogens is 6. The minimum atomic E-state index is -1.14. The van der Waals surface area contributed by atoms with Gasteiger partial charge in [0.2, 0.25) is 0 Å². The maximum Gasteiger partial charge on any atom is 0.327 e. The topological polar surface area (TPSA) is 115 Å². The molecule has 5 rings (SSSR count). The van der Waals surface area contributed by atoms with Crippen molar-refractivity contribution in [2.24, 2.45) is 0 Å². The van der Waals surface area contributed by atoms with Crippen LogP contribution < -0.4 is 5.56 Å². The summed E-state index contributed by atoms with van der Waals surface area (Å²) in [5.41, 5.74) is 2.27. The predicted octanol–water partition coefficient (Wildman–Crippen LogP) is 3.02. The molecule has 3 aromatic heterocycles. The second-order valence-electron chi connectivity index (χ2n) is 7.17. The molecule has 0 fully saturated rings. The molecule has 0 aliphatic rings. The highest BCUT2D eigenvalue weighted by atomic mass is 35.5. The van der Waals surface area contributed by atoms with E-state index in [4.69, 9.17) is 11.6 Å². The lowest BCUT2D eigenvalue weighted by Crippen LogP contribution is -2.32. The lowest BCUT2D eigenvalue weighted by Gasteiger charge is -2.15. The number of hydrogen-bond donors (Lipinski definition) is 1. The Bertz CT molecular complexity index is 1510. The standard InChI is InChI=1S/C22H15ClN6O3/c23-15-8-6-14(7-9-15)16-11-25-29-19(16)27-26-18-20(29)24-12-28(21(18)30)17(22(31)32)10-13-4-2-1-3-5-13/h1-9,11-12,17H,10H2,(H,31,32). The summed E-state index contributed by atoms with van der Waals surface area (Å²) < 4.78 is 2.49. The summed E-state index contributed by atoms with van der Waals surface area (Å²) in [6, 6.07) is 15.1. The van der Waals surface area contributed by atoms with E-state index < -0.39 is 17.6 Å². The molecule has 0 aliphatic heterocycles. The van der Waals surface area contributed by atoms with Gasteiger partial charge in [0.15, 0.2) is 16.8 Å². The Morgan fingerprint density at radius 3 is 2.50 bits per heavy atom. The number of benzene rings is 2. The van der Waals surface area contributed by atoms with Gasteiger partial charge in [-0.1, -0.05) is 54.1 Å². The van der Waals surface area contributed by atoms with E-state index in [0.717, 1.165) is 15.7 Å². The zero-order chi connectivity index (χ0) is 22.2. The van der Waals surface area contributed by atoms with Crippen LogP contribution >= 0.6 is 11.6 Å². The third-order valence-corrected chi connectivity index (χ3v) is 5.44. The summed E-state index contributed by atoms with van der Waals surface area (Å²) in [7, 11) is 0. The van der Waals surface area contributed by atoms with Gasteiger partial charge in [-0.15, -0.1) is 10.2 Å². The quantitative estimate of drug-likeness (QED) is 0.441. The molecule has 32 heavy (non-hydrogen) atoms. The first kappa shape index (κ1) is 19.8. The first-order valence-corrected chi connectivity index (χ1v) is 10.0. The fourth-order valence-electron chi connectivity index (χ4n) is 3.58. The number of carboxylic acids is 1. The zero-order valence-corrected chi connectivity index (χ0v) is 17.2. The van der Waals surface area contributed by atoms with E-state index in [0.29, 0.717) is 16.2 Å². The number of hydrogen-bond acceptors (Lipinski definition) is 6. The fraction of sp³-hybridized carbons (Fsp3) is 0.0909. The Kier molecular flexibility index (Phi) is 4.87. The summed E-state index contributed by atoms with van der Waals surface area (Å²) in [6.45, 7) is 0. The molecule has 158 valence electrons. The van der Waals surface area contributed by atoms with E-state index in [-0.39, 0.29) is 17.6 Å². The van der Waals surface area contributed by atoms with Crippen LogP contribution in [0.25, 0.3) is 27.9 Å². The van der Waals surface area contributed by atoms with Crippen LogP contribution in [0.1, 0.15) is 11.6 Å². The van der Waals surface area contributed by atoms with Gasteiger partial charge in [-0.3, -0.25) is 9.36 Å². The molecule has 0 amide bonds. The number of aliphatic carboxylic acids is 1. The van der Waals surface area contributed by atoms with Crippen molar-refractivity contribution in [1.29, 1.82) is 0 Å². The summed E-state index contributed by atoms with van der Waals surface area (Å²) in [4.78, 5) is 29.4. The molecule has 10 heteroatoms. The molecular formula is C22H15ClN6O3. The number of carboxylic acid groups (broad SMARTS) is 1. The van der Waals surface area contributed by atoms with Crippen LogP contribution in [0.2, 0.25) is 5.02 Å². The second kappa shape index (κ2) is 7.86. The van der Waals surface area contributed by atoms with Crippen molar-refractivity contribution in [2.45, 2.75) is 12.5 Å². The van der Waals surface area contributed by atoms with Gasteiger partial charge in [0.25, 0.3) is 5.56 Å². The molecule has 0 saturated carbocycles. The van der Waals surface area contributed by atoms with Crippen molar-refractivity contribution in [1.82, 2.24) is 29.4 Å². The third-order valence-electron chi connectivity index (χ3n) is 5.19. The molecule has 3 heterocycles. The van der Waals surface area contributed by atoms with Crippen molar-refractivity contribution < 1.29 is 9.90 Å². The highest BCUT2D eigenvalue weighted by Crippen LogP contribution is 2.25. The Morgan fingerprint density at radius 1 is 1.03 bits per heavy atom. The second-order valence-corrected chi connectivity index (χ2v) is 7.61. The molecule has 0 saturated heterocycles. The molecular weight excluding hydrogens is 432 g/mol. The van der Waals surface area contributed by atoms with Crippen LogP contribution in [0.3, 0.4) is 0 Å².